The van der Waals surface area contributed by atoms with Gasteiger partial charge in [-0.3, -0.25) is 4.79 Å². The van der Waals surface area contributed by atoms with Crippen LogP contribution in [0.25, 0.3) is 0 Å². The molecule has 3 rings (SSSR count). The number of nitrogens with zero attached hydrogens (tertiary/aromatic N) is 3. The van der Waals surface area contributed by atoms with Crippen molar-refractivity contribution in [3.8, 4) is 11.5 Å². The largest absolute Gasteiger partial charge is 0.500 e. The number of phenols is 1. The summed E-state index contributed by atoms with van der Waals surface area (Å²) in [6.07, 6.45) is 0. The number of hydrogen-bond donors (Lipinski definition) is 1. The molecule has 0 atom stereocenters. The van der Waals surface area contributed by atoms with E-state index >= 15 is 0 Å². The number of carbonyl (C=O) groups is 1. The zero-order valence-corrected chi connectivity index (χ0v) is 13.2. The van der Waals surface area contributed by atoms with E-state index in [-0.39, 0.29) is 16.2 Å². The number of amides is 1. The quantitative estimate of drug-likeness (QED) is 0.675. The van der Waals surface area contributed by atoms with Crippen molar-refractivity contribution in [1.82, 2.24) is 0 Å². The van der Waals surface area contributed by atoms with E-state index in [1.54, 1.807) is 24.3 Å². The number of hydrogen-bond acceptors (Lipinski definition) is 7. The molecule has 0 unspecified atom stereocenters. The maximum Gasteiger partial charge on any atom is 0.361 e. The van der Waals surface area contributed by atoms with Crippen LogP contribution in [0.3, 0.4) is 0 Å². The summed E-state index contributed by atoms with van der Waals surface area (Å²) in [5, 5.41) is 12.6. The molecule has 1 aliphatic heterocycles. The fourth-order valence-corrected chi connectivity index (χ4v) is 2.57. The molecule has 0 bridgehead atoms. The van der Waals surface area contributed by atoms with Gasteiger partial charge in [-0.05, 0) is 23.4 Å². The molecule has 1 N–H and O–H groups in total. The van der Waals surface area contributed by atoms with Gasteiger partial charge in [0.2, 0.25) is 5.75 Å². The molecule has 0 spiro atoms. The van der Waals surface area contributed by atoms with Gasteiger partial charge >= 0.3 is 5.69 Å². The molecule has 1 amide bonds. The van der Waals surface area contributed by atoms with E-state index in [4.69, 9.17) is 4.74 Å². The molecule has 25 heavy (non-hydrogen) atoms. The van der Waals surface area contributed by atoms with Crippen molar-refractivity contribution in [1.29, 1.82) is 0 Å². The predicted molar refractivity (Wildman–Crippen MR) is 87.5 cm³/mol. The van der Waals surface area contributed by atoms with Crippen LogP contribution >= 0.6 is 0 Å². The van der Waals surface area contributed by atoms with Crippen molar-refractivity contribution in [2.45, 2.75) is 0 Å². The number of phenolic OH excluding ortho intramolecular Hbond substituents is 1. The highest BCUT2D eigenvalue weighted by Gasteiger charge is 2.31. The molecular weight excluding hydrogens is 330 g/mol. The summed E-state index contributed by atoms with van der Waals surface area (Å²) in [5.41, 5.74) is -0.235. The monoisotopic (exact) mass is 344 g/mol. The van der Waals surface area contributed by atoms with Crippen LogP contribution in [0, 0.1) is 9.81 Å². The van der Waals surface area contributed by atoms with E-state index in [1.165, 1.54) is 4.90 Å². The first kappa shape index (κ1) is 16.4. The molecular formula is C16H14N3O6+. The summed E-state index contributed by atoms with van der Waals surface area (Å²) < 4.78 is 5.50. The van der Waals surface area contributed by atoms with Gasteiger partial charge in [-0.15, -0.1) is 4.91 Å². The molecule has 1 aliphatic rings. The molecule has 0 aliphatic carbocycles. The Kier molecular flexibility index (Phi) is 4.29. The first-order chi connectivity index (χ1) is 12.1. The molecule has 128 valence electrons. The molecule has 2 aromatic carbocycles. The highest BCUT2D eigenvalue weighted by Crippen LogP contribution is 2.39. The summed E-state index contributed by atoms with van der Waals surface area (Å²) in [7, 11) is 1.09. The molecule has 9 nitrogen and oxygen atoms in total. The second-order valence-corrected chi connectivity index (χ2v) is 5.17. The molecule has 0 fully saturated rings. The van der Waals surface area contributed by atoms with Crippen LogP contribution in [0.5, 0.6) is 11.5 Å². The zero-order valence-electron chi connectivity index (χ0n) is 13.2. The lowest BCUT2D eigenvalue weighted by atomic mass is 10.1. The summed E-state index contributed by atoms with van der Waals surface area (Å²) in [6.45, 7) is 0.597. The first-order valence-corrected chi connectivity index (χ1v) is 7.32. The van der Waals surface area contributed by atoms with Crippen LogP contribution in [0.15, 0.2) is 41.6 Å². The van der Waals surface area contributed by atoms with Crippen molar-refractivity contribution in [3.05, 3.63) is 51.8 Å². The molecule has 0 radical (unpaired) electrons. The van der Waals surface area contributed by atoms with Crippen LogP contribution in [-0.4, -0.2) is 36.2 Å². The second-order valence-electron chi connectivity index (χ2n) is 5.17. The Bertz CT molecular complexity index is 867. The lowest BCUT2D eigenvalue weighted by Gasteiger charge is -2.29. The minimum Gasteiger partial charge on any atom is -0.500 e. The van der Waals surface area contributed by atoms with Crippen molar-refractivity contribution < 1.29 is 24.4 Å². The Morgan fingerprint density at radius 2 is 2.12 bits per heavy atom. The van der Waals surface area contributed by atoms with E-state index in [1.807, 2.05) is 0 Å². The average Bonchev–Trinajstić information content (AvgIpc) is 2.66. The van der Waals surface area contributed by atoms with E-state index < -0.39 is 17.3 Å². The number of rotatable bonds is 4. The SMILES string of the molecule is CO[N+](=O)c1cc(C(=O)N2CCOc3ccccc32)cc(N=O)c1O. The van der Waals surface area contributed by atoms with Gasteiger partial charge in [-0.1, -0.05) is 12.1 Å². The van der Waals surface area contributed by atoms with Crippen LogP contribution in [0.1, 0.15) is 10.4 Å². The number of fused-ring (bicyclic) bond motifs is 1. The van der Waals surface area contributed by atoms with E-state index in [0.717, 1.165) is 19.2 Å². The van der Waals surface area contributed by atoms with Gasteiger partial charge in [0.25, 0.3) is 10.8 Å². The van der Waals surface area contributed by atoms with Gasteiger partial charge in [-0.2, -0.15) is 0 Å². The highest BCUT2D eigenvalue weighted by molar-refractivity contribution is 6.08. The summed E-state index contributed by atoms with van der Waals surface area (Å²) in [4.78, 5) is 41.5. The number of ether oxygens (including phenoxy) is 1. The van der Waals surface area contributed by atoms with E-state index in [2.05, 4.69) is 10.0 Å². The number of nitroso groups, excluding NO2 is 1. The van der Waals surface area contributed by atoms with Crippen molar-refractivity contribution in [3.63, 3.8) is 0 Å². The number of anilines is 1. The second kappa shape index (κ2) is 6.56. The van der Waals surface area contributed by atoms with Gasteiger partial charge < -0.3 is 14.7 Å². The number of carbonyl (C=O) groups excluding carboxylic acids is 1. The predicted octanol–water partition coefficient (Wildman–Crippen LogP) is 2.80. The van der Waals surface area contributed by atoms with Crippen LogP contribution in [0.4, 0.5) is 17.1 Å². The van der Waals surface area contributed by atoms with E-state index in [9.17, 15) is 19.7 Å². The minimum absolute atomic E-state index is 0.00590. The normalized spacial score (nSPS) is 12.8. The van der Waals surface area contributed by atoms with Crippen molar-refractivity contribution >= 4 is 23.0 Å². The fraction of sp³-hybridized carbons (Fsp3) is 0.188. The average molecular weight is 344 g/mol. The van der Waals surface area contributed by atoms with E-state index in [0.29, 0.717) is 24.6 Å². The fourth-order valence-electron chi connectivity index (χ4n) is 2.57. The molecule has 9 heteroatoms. The lowest BCUT2D eigenvalue weighted by Crippen LogP contribution is -2.37. The number of aromatic hydroxyl groups is 1. The highest BCUT2D eigenvalue weighted by atomic mass is 16.8. The smallest absolute Gasteiger partial charge is 0.361 e. The molecule has 0 saturated heterocycles. The maximum absolute atomic E-state index is 12.9. The van der Waals surface area contributed by atoms with Crippen LogP contribution in [-0.2, 0) is 4.84 Å². The molecule has 1 heterocycles. The van der Waals surface area contributed by atoms with Gasteiger partial charge in [0.05, 0.1) is 17.1 Å². The van der Waals surface area contributed by atoms with Gasteiger partial charge in [-0.25, -0.2) is 4.84 Å². The van der Waals surface area contributed by atoms with Gasteiger partial charge in [0.15, 0.2) is 12.8 Å². The van der Waals surface area contributed by atoms with Gasteiger partial charge in [0, 0.05) is 11.6 Å². The van der Waals surface area contributed by atoms with Crippen LogP contribution in [0.2, 0.25) is 0 Å². The Balaban J connectivity index is 2.06. The Morgan fingerprint density at radius 3 is 2.84 bits per heavy atom. The maximum atomic E-state index is 12.9. The molecule has 0 aromatic heterocycles. The van der Waals surface area contributed by atoms with Crippen molar-refractivity contribution in [2.75, 3.05) is 25.2 Å². The lowest BCUT2D eigenvalue weighted by molar-refractivity contribution is -0.736. The Labute approximate surface area is 141 Å². The zero-order chi connectivity index (χ0) is 18.0. The number of benzene rings is 2. The Morgan fingerprint density at radius 1 is 1.36 bits per heavy atom. The summed E-state index contributed by atoms with van der Waals surface area (Å²) in [5.74, 6) is -0.575. The minimum atomic E-state index is -0.661. The van der Waals surface area contributed by atoms with Crippen molar-refractivity contribution in [2.24, 2.45) is 5.18 Å². The Hall–Kier alpha value is -3.49. The summed E-state index contributed by atoms with van der Waals surface area (Å²) in [6, 6.07) is 9.27. The standard InChI is InChI=1S/C16H13N3O6/c1-24-19(23)13-9-10(8-11(17-22)15(13)20)16(21)18-6-7-25-14-5-3-2-4-12(14)18/h2-5,8-9H,6-7H2,1H3/p+1. The summed E-state index contributed by atoms with van der Waals surface area (Å²) >= 11 is 0. The van der Waals surface area contributed by atoms with Gasteiger partial charge in [0.1, 0.15) is 12.4 Å². The number of para-hydroxylation sites is 2. The third-order valence-corrected chi connectivity index (χ3v) is 3.75. The third-order valence-electron chi connectivity index (χ3n) is 3.75. The topological polar surface area (TPSA) is 109 Å². The first-order valence-electron chi connectivity index (χ1n) is 7.32. The third kappa shape index (κ3) is 2.87. The molecule has 2 aromatic rings. The molecule has 0 saturated carbocycles. The van der Waals surface area contributed by atoms with Crippen LogP contribution < -0.4 is 9.64 Å².